The smallest absolute Gasteiger partial charge is 0.126 e. The van der Waals surface area contributed by atoms with Crippen molar-refractivity contribution in [3.05, 3.63) is 53.1 Å². The van der Waals surface area contributed by atoms with E-state index in [0.29, 0.717) is 14.3 Å². The summed E-state index contributed by atoms with van der Waals surface area (Å²) in [7, 11) is 2.44. The van der Waals surface area contributed by atoms with Gasteiger partial charge in [0.2, 0.25) is 0 Å². The summed E-state index contributed by atoms with van der Waals surface area (Å²) in [5.41, 5.74) is 3.52. The van der Waals surface area contributed by atoms with Crippen molar-refractivity contribution >= 4 is 19.2 Å². The summed E-state index contributed by atoms with van der Waals surface area (Å²) in [6.07, 6.45) is 0. The Morgan fingerprint density at radius 2 is 1.89 bits per heavy atom. The molecule has 0 heterocycles. The summed E-state index contributed by atoms with van der Waals surface area (Å²) in [6, 6.07) is 12.5. The van der Waals surface area contributed by atoms with Crippen molar-refractivity contribution in [1.82, 2.24) is 5.32 Å². The Morgan fingerprint density at radius 1 is 1.11 bits per heavy atom. The van der Waals surface area contributed by atoms with Gasteiger partial charge in [0.25, 0.3) is 0 Å². The number of para-hydroxylation sites is 1. The standard InChI is InChI=1S/C16H20NOP/c1-11-7-8-14(13(9-11)10-17-3)19-15-6-4-5-12(2)16(15)18/h4-9,17-19H,10H2,1-3H3. The highest BCUT2D eigenvalue weighted by Crippen LogP contribution is 2.23. The maximum Gasteiger partial charge on any atom is 0.126 e. The minimum absolute atomic E-state index is 0.428. The van der Waals surface area contributed by atoms with Crippen LogP contribution in [0.2, 0.25) is 0 Å². The fraction of sp³-hybridized carbons (Fsp3) is 0.250. The molecule has 0 aliphatic rings. The molecular formula is C16H20NOP. The minimum atomic E-state index is 0.428. The van der Waals surface area contributed by atoms with Gasteiger partial charge in [-0.15, -0.1) is 0 Å². The molecule has 0 bridgehead atoms. The normalized spacial score (nSPS) is 11.3. The average Bonchev–Trinajstić information content (AvgIpc) is 2.38. The largest absolute Gasteiger partial charge is 0.507 e. The molecular weight excluding hydrogens is 253 g/mol. The molecule has 2 rings (SSSR count). The van der Waals surface area contributed by atoms with Gasteiger partial charge in [-0.25, -0.2) is 0 Å². The molecule has 2 N–H and O–H groups in total. The highest BCUT2D eigenvalue weighted by molar-refractivity contribution is 7.55. The maximum absolute atomic E-state index is 10.1. The van der Waals surface area contributed by atoms with Gasteiger partial charge in [0.15, 0.2) is 0 Å². The summed E-state index contributed by atoms with van der Waals surface area (Å²) in [5.74, 6) is 0.428. The number of nitrogens with one attached hydrogen (secondary N) is 1. The molecule has 1 unspecified atom stereocenters. The van der Waals surface area contributed by atoms with Crippen LogP contribution in [0.4, 0.5) is 0 Å². The zero-order chi connectivity index (χ0) is 13.8. The molecule has 2 nitrogen and oxygen atoms in total. The topological polar surface area (TPSA) is 32.3 Å². The molecule has 0 spiro atoms. The summed E-state index contributed by atoms with van der Waals surface area (Å²) < 4.78 is 0. The molecule has 2 aromatic carbocycles. The summed E-state index contributed by atoms with van der Waals surface area (Å²) >= 11 is 0. The predicted molar refractivity (Wildman–Crippen MR) is 84.4 cm³/mol. The van der Waals surface area contributed by atoms with E-state index in [1.54, 1.807) is 0 Å². The van der Waals surface area contributed by atoms with E-state index in [9.17, 15) is 5.11 Å². The van der Waals surface area contributed by atoms with E-state index in [2.05, 4.69) is 30.4 Å². The van der Waals surface area contributed by atoms with Gasteiger partial charge in [0.1, 0.15) is 5.75 Å². The Kier molecular flexibility index (Phi) is 4.57. The summed E-state index contributed by atoms with van der Waals surface area (Å²) in [4.78, 5) is 0. The molecule has 0 fully saturated rings. The van der Waals surface area contributed by atoms with E-state index < -0.39 is 0 Å². The van der Waals surface area contributed by atoms with E-state index >= 15 is 0 Å². The number of rotatable bonds is 4. The van der Waals surface area contributed by atoms with Crippen LogP contribution < -0.4 is 15.9 Å². The quantitative estimate of drug-likeness (QED) is 0.838. The Labute approximate surface area is 116 Å². The fourth-order valence-corrected chi connectivity index (χ4v) is 3.36. The monoisotopic (exact) mass is 273 g/mol. The lowest BCUT2D eigenvalue weighted by molar-refractivity contribution is 0.475. The molecule has 2 aromatic rings. The second-order valence-electron chi connectivity index (χ2n) is 4.79. The molecule has 19 heavy (non-hydrogen) atoms. The predicted octanol–water partition coefficient (Wildman–Crippen LogP) is 2.36. The fourth-order valence-electron chi connectivity index (χ4n) is 2.09. The van der Waals surface area contributed by atoms with Crippen molar-refractivity contribution in [2.24, 2.45) is 0 Å². The van der Waals surface area contributed by atoms with Crippen molar-refractivity contribution in [2.45, 2.75) is 20.4 Å². The zero-order valence-corrected chi connectivity index (χ0v) is 12.6. The molecule has 3 heteroatoms. The van der Waals surface area contributed by atoms with E-state index in [0.717, 1.165) is 17.4 Å². The number of hydrogen-bond acceptors (Lipinski definition) is 2. The van der Waals surface area contributed by atoms with Crippen LogP contribution in [0.5, 0.6) is 5.75 Å². The maximum atomic E-state index is 10.1. The van der Waals surface area contributed by atoms with Crippen LogP contribution in [0.15, 0.2) is 36.4 Å². The zero-order valence-electron chi connectivity index (χ0n) is 11.6. The van der Waals surface area contributed by atoms with Crippen LogP contribution in [-0.4, -0.2) is 12.2 Å². The lowest BCUT2D eigenvalue weighted by atomic mass is 10.1. The van der Waals surface area contributed by atoms with E-state index in [-0.39, 0.29) is 0 Å². The van der Waals surface area contributed by atoms with Crippen LogP contribution in [-0.2, 0) is 6.54 Å². The number of aryl methyl sites for hydroxylation is 2. The average molecular weight is 273 g/mol. The minimum Gasteiger partial charge on any atom is -0.507 e. The summed E-state index contributed by atoms with van der Waals surface area (Å²) in [5, 5.41) is 15.6. The van der Waals surface area contributed by atoms with E-state index in [1.807, 2.05) is 32.2 Å². The van der Waals surface area contributed by atoms with E-state index in [4.69, 9.17) is 0 Å². The Morgan fingerprint density at radius 3 is 2.63 bits per heavy atom. The third-order valence-electron chi connectivity index (χ3n) is 3.14. The van der Waals surface area contributed by atoms with Gasteiger partial charge >= 0.3 is 0 Å². The molecule has 0 amide bonds. The van der Waals surface area contributed by atoms with Crippen molar-refractivity contribution < 1.29 is 5.11 Å². The Hall–Kier alpha value is -1.37. The first-order chi connectivity index (χ1) is 9.11. The Bertz CT molecular complexity index is 581. The molecule has 0 radical (unpaired) electrons. The van der Waals surface area contributed by atoms with Gasteiger partial charge in [-0.1, -0.05) is 50.5 Å². The van der Waals surface area contributed by atoms with Gasteiger partial charge in [-0.05, 0) is 37.3 Å². The van der Waals surface area contributed by atoms with Crippen LogP contribution in [0.3, 0.4) is 0 Å². The molecule has 0 aliphatic heterocycles. The lowest BCUT2D eigenvalue weighted by Gasteiger charge is -2.12. The SMILES string of the molecule is CNCc1cc(C)ccc1Pc1cccc(C)c1O. The second kappa shape index (κ2) is 6.18. The first kappa shape index (κ1) is 14.0. The van der Waals surface area contributed by atoms with Crippen LogP contribution in [0.25, 0.3) is 0 Å². The molecule has 100 valence electrons. The highest BCUT2D eigenvalue weighted by Gasteiger charge is 2.08. The van der Waals surface area contributed by atoms with Crippen LogP contribution >= 0.6 is 8.58 Å². The van der Waals surface area contributed by atoms with Gasteiger partial charge in [0, 0.05) is 11.8 Å². The van der Waals surface area contributed by atoms with Gasteiger partial charge in [0.05, 0.1) is 0 Å². The van der Waals surface area contributed by atoms with Crippen molar-refractivity contribution in [1.29, 1.82) is 0 Å². The van der Waals surface area contributed by atoms with Gasteiger partial charge < -0.3 is 10.4 Å². The molecule has 0 aliphatic carbocycles. The highest BCUT2D eigenvalue weighted by atomic mass is 31.1. The first-order valence-electron chi connectivity index (χ1n) is 6.41. The van der Waals surface area contributed by atoms with Gasteiger partial charge in [-0.3, -0.25) is 0 Å². The third kappa shape index (κ3) is 3.34. The third-order valence-corrected chi connectivity index (χ3v) is 4.56. The molecule has 1 atom stereocenters. The van der Waals surface area contributed by atoms with Crippen LogP contribution in [0, 0.1) is 13.8 Å². The van der Waals surface area contributed by atoms with Crippen molar-refractivity contribution in [2.75, 3.05) is 7.05 Å². The van der Waals surface area contributed by atoms with Gasteiger partial charge in [-0.2, -0.15) is 0 Å². The van der Waals surface area contributed by atoms with Crippen molar-refractivity contribution in [3.63, 3.8) is 0 Å². The lowest BCUT2D eigenvalue weighted by Crippen LogP contribution is -2.16. The molecule has 0 saturated carbocycles. The number of benzene rings is 2. The summed E-state index contributed by atoms with van der Waals surface area (Å²) in [6.45, 7) is 4.90. The second-order valence-corrected chi connectivity index (χ2v) is 6.11. The molecule has 0 saturated heterocycles. The number of phenols is 1. The molecule has 0 aromatic heterocycles. The number of phenolic OH excluding ortho intramolecular Hbond substituents is 1. The first-order valence-corrected chi connectivity index (χ1v) is 7.41. The van der Waals surface area contributed by atoms with E-state index in [1.165, 1.54) is 16.4 Å². The van der Waals surface area contributed by atoms with Crippen LogP contribution in [0.1, 0.15) is 16.7 Å². The number of hydrogen-bond donors (Lipinski definition) is 2. The van der Waals surface area contributed by atoms with Crippen molar-refractivity contribution in [3.8, 4) is 5.75 Å². The number of aromatic hydroxyl groups is 1. The Balaban J connectivity index is 2.35.